The molecule has 0 aliphatic heterocycles. The molecule has 0 aliphatic carbocycles. The number of carbonyl (C=O) groups is 1. The topological polar surface area (TPSA) is 70.7 Å². The molecule has 1 N–H and O–H groups in total. The smallest absolute Gasteiger partial charge is 0.230 e. The summed E-state index contributed by atoms with van der Waals surface area (Å²) in [6.45, 7) is 0. The molecule has 0 aliphatic rings. The monoisotopic (exact) mass is 276 g/mol. The summed E-state index contributed by atoms with van der Waals surface area (Å²) in [5.41, 5.74) is 0.142. The van der Waals surface area contributed by atoms with Gasteiger partial charge in [0.2, 0.25) is 5.91 Å². The van der Waals surface area contributed by atoms with Crippen LogP contribution < -0.4 is 5.32 Å². The third-order valence-corrected chi connectivity index (χ3v) is 2.70. The van der Waals surface area contributed by atoms with Gasteiger partial charge >= 0.3 is 0 Å². The molecule has 0 spiro atoms. The second-order valence-corrected chi connectivity index (χ2v) is 4.08. The molecule has 5 nitrogen and oxygen atoms in total. The fraction of sp³-hybridized carbons (Fsp3) is 0.154. The van der Waals surface area contributed by atoms with Crippen LogP contribution in [-0.2, 0) is 18.3 Å². The molecule has 0 fully saturated rings. The number of nitriles is 1. The van der Waals surface area contributed by atoms with E-state index in [9.17, 15) is 13.6 Å². The number of aryl methyl sites for hydroxylation is 1. The minimum Gasteiger partial charge on any atom is -0.310 e. The Morgan fingerprint density at radius 3 is 2.95 bits per heavy atom. The Bertz CT molecular complexity index is 703. The summed E-state index contributed by atoms with van der Waals surface area (Å²) in [6, 6.07) is 5.50. The number of nitrogens with one attached hydrogen (secondary N) is 1. The van der Waals surface area contributed by atoms with Crippen LogP contribution >= 0.6 is 0 Å². The highest BCUT2D eigenvalue weighted by Crippen LogP contribution is 2.15. The van der Waals surface area contributed by atoms with Crippen molar-refractivity contribution in [1.29, 1.82) is 5.26 Å². The van der Waals surface area contributed by atoms with Crippen molar-refractivity contribution in [3.05, 3.63) is 47.2 Å². The van der Waals surface area contributed by atoms with Gasteiger partial charge in [0.1, 0.15) is 17.5 Å². The van der Waals surface area contributed by atoms with Crippen molar-refractivity contribution in [2.45, 2.75) is 6.42 Å². The highest BCUT2D eigenvalue weighted by molar-refractivity contribution is 5.92. The van der Waals surface area contributed by atoms with Gasteiger partial charge in [0.05, 0.1) is 12.6 Å². The molecule has 1 aromatic heterocycles. The van der Waals surface area contributed by atoms with Crippen LogP contribution in [0.5, 0.6) is 0 Å². The van der Waals surface area contributed by atoms with Gasteiger partial charge in [-0.2, -0.15) is 10.4 Å². The number of halogens is 2. The zero-order chi connectivity index (χ0) is 14.7. The molecule has 7 heteroatoms. The zero-order valence-electron chi connectivity index (χ0n) is 10.5. The molecule has 0 saturated carbocycles. The van der Waals surface area contributed by atoms with Gasteiger partial charge in [0.15, 0.2) is 11.6 Å². The van der Waals surface area contributed by atoms with E-state index in [1.165, 1.54) is 23.0 Å². The SMILES string of the molecule is Cn1ncc(C#N)c1NC(=O)Cc1cccc(F)c1F. The largest absolute Gasteiger partial charge is 0.310 e. The summed E-state index contributed by atoms with van der Waals surface area (Å²) in [6.07, 6.45) is 0.970. The number of anilines is 1. The van der Waals surface area contributed by atoms with Gasteiger partial charge in [0, 0.05) is 12.6 Å². The maximum Gasteiger partial charge on any atom is 0.230 e. The van der Waals surface area contributed by atoms with Gasteiger partial charge in [-0.25, -0.2) is 8.78 Å². The van der Waals surface area contributed by atoms with Crippen molar-refractivity contribution in [3.63, 3.8) is 0 Å². The Labute approximate surface area is 113 Å². The van der Waals surface area contributed by atoms with E-state index in [2.05, 4.69) is 10.4 Å². The van der Waals surface area contributed by atoms with Crippen LogP contribution in [0.4, 0.5) is 14.6 Å². The minimum absolute atomic E-state index is 0.0526. The van der Waals surface area contributed by atoms with E-state index in [4.69, 9.17) is 5.26 Å². The molecule has 102 valence electrons. The Kier molecular flexibility index (Phi) is 3.75. The number of aromatic nitrogens is 2. The summed E-state index contributed by atoms with van der Waals surface area (Å²) in [4.78, 5) is 11.8. The molecular weight excluding hydrogens is 266 g/mol. The average Bonchev–Trinajstić information content (AvgIpc) is 2.76. The quantitative estimate of drug-likeness (QED) is 0.928. The predicted octanol–water partition coefficient (Wildman–Crippen LogP) is 1.75. The van der Waals surface area contributed by atoms with Gasteiger partial charge in [-0.1, -0.05) is 12.1 Å². The van der Waals surface area contributed by atoms with Gasteiger partial charge in [0.25, 0.3) is 0 Å². The summed E-state index contributed by atoms with van der Waals surface area (Å²) >= 11 is 0. The van der Waals surface area contributed by atoms with E-state index in [1.54, 1.807) is 7.05 Å². The molecule has 0 atom stereocenters. The first-order valence-corrected chi connectivity index (χ1v) is 5.67. The van der Waals surface area contributed by atoms with Crippen LogP contribution in [0.1, 0.15) is 11.1 Å². The van der Waals surface area contributed by atoms with Crippen LogP contribution in [-0.4, -0.2) is 15.7 Å². The number of carbonyl (C=O) groups excluding carboxylic acids is 1. The summed E-state index contributed by atoms with van der Waals surface area (Å²) in [7, 11) is 1.55. The lowest BCUT2D eigenvalue weighted by atomic mass is 10.1. The van der Waals surface area contributed by atoms with Gasteiger partial charge in [-0.15, -0.1) is 0 Å². The second kappa shape index (κ2) is 5.48. The van der Waals surface area contributed by atoms with E-state index in [1.807, 2.05) is 6.07 Å². The molecular formula is C13H10F2N4O. The number of hydrogen-bond acceptors (Lipinski definition) is 3. The number of amides is 1. The van der Waals surface area contributed by atoms with Crippen LogP contribution in [0.15, 0.2) is 24.4 Å². The molecule has 2 aromatic rings. The standard InChI is InChI=1S/C13H10F2N4O/c1-19-13(9(6-16)7-17-19)18-11(20)5-8-3-2-4-10(14)12(8)15/h2-4,7H,5H2,1H3,(H,18,20). The number of rotatable bonds is 3. The Morgan fingerprint density at radius 2 is 2.25 bits per heavy atom. The molecule has 0 bridgehead atoms. The van der Waals surface area contributed by atoms with Crippen molar-refractivity contribution in [2.24, 2.45) is 7.05 Å². The predicted molar refractivity (Wildman–Crippen MR) is 66.6 cm³/mol. The Balaban J connectivity index is 2.16. The fourth-order valence-corrected chi connectivity index (χ4v) is 1.70. The number of nitrogens with zero attached hydrogens (tertiary/aromatic N) is 3. The Morgan fingerprint density at radius 1 is 1.50 bits per heavy atom. The van der Waals surface area contributed by atoms with E-state index in [-0.39, 0.29) is 23.4 Å². The zero-order valence-corrected chi connectivity index (χ0v) is 10.5. The summed E-state index contributed by atoms with van der Waals surface area (Å²) in [5, 5.41) is 15.1. The van der Waals surface area contributed by atoms with E-state index in [0.717, 1.165) is 6.07 Å². The van der Waals surface area contributed by atoms with Gasteiger partial charge < -0.3 is 5.32 Å². The lowest BCUT2D eigenvalue weighted by molar-refractivity contribution is -0.115. The first-order valence-electron chi connectivity index (χ1n) is 5.67. The third-order valence-electron chi connectivity index (χ3n) is 2.70. The van der Waals surface area contributed by atoms with Gasteiger partial charge in [-0.3, -0.25) is 9.48 Å². The normalized spacial score (nSPS) is 10.1. The lowest BCUT2D eigenvalue weighted by Gasteiger charge is -2.07. The molecule has 0 saturated heterocycles. The molecule has 1 heterocycles. The van der Waals surface area contributed by atoms with Gasteiger partial charge in [-0.05, 0) is 6.07 Å². The summed E-state index contributed by atoms with van der Waals surface area (Å²) < 4.78 is 27.8. The molecule has 0 unspecified atom stereocenters. The highest BCUT2D eigenvalue weighted by Gasteiger charge is 2.15. The van der Waals surface area contributed by atoms with Crippen molar-refractivity contribution in [2.75, 3.05) is 5.32 Å². The minimum atomic E-state index is -1.05. The van der Waals surface area contributed by atoms with E-state index in [0.29, 0.717) is 0 Å². The lowest BCUT2D eigenvalue weighted by Crippen LogP contribution is -2.18. The second-order valence-electron chi connectivity index (χ2n) is 4.08. The van der Waals surface area contributed by atoms with E-state index >= 15 is 0 Å². The van der Waals surface area contributed by atoms with Crippen molar-refractivity contribution in [1.82, 2.24) is 9.78 Å². The first-order chi connectivity index (χ1) is 9.52. The number of hydrogen-bond donors (Lipinski definition) is 1. The third kappa shape index (κ3) is 2.64. The molecule has 1 amide bonds. The van der Waals surface area contributed by atoms with E-state index < -0.39 is 17.5 Å². The fourth-order valence-electron chi connectivity index (χ4n) is 1.70. The van der Waals surface area contributed by atoms with Crippen LogP contribution in [0, 0.1) is 23.0 Å². The highest BCUT2D eigenvalue weighted by atomic mass is 19.2. The maximum atomic E-state index is 13.4. The molecule has 0 radical (unpaired) electrons. The van der Waals surface area contributed by atoms with Crippen molar-refractivity contribution >= 4 is 11.7 Å². The Hall–Kier alpha value is -2.75. The average molecular weight is 276 g/mol. The molecule has 2 rings (SSSR count). The maximum absolute atomic E-state index is 13.4. The first kappa shape index (κ1) is 13.7. The van der Waals surface area contributed by atoms with Crippen LogP contribution in [0.25, 0.3) is 0 Å². The number of benzene rings is 1. The summed E-state index contributed by atoms with van der Waals surface area (Å²) in [5.74, 6) is -2.40. The van der Waals surface area contributed by atoms with Crippen LogP contribution in [0.3, 0.4) is 0 Å². The molecule has 1 aromatic carbocycles. The van der Waals surface area contributed by atoms with Crippen molar-refractivity contribution in [3.8, 4) is 6.07 Å². The van der Waals surface area contributed by atoms with Crippen molar-refractivity contribution < 1.29 is 13.6 Å². The van der Waals surface area contributed by atoms with Crippen LogP contribution in [0.2, 0.25) is 0 Å². The molecule has 20 heavy (non-hydrogen) atoms.